The lowest BCUT2D eigenvalue weighted by Crippen LogP contribution is -2.38. The molecular formula is C17H26N2O4. The van der Waals surface area contributed by atoms with E-state index in [9.17, 15) is 9.59 Å². The van der Waals surface area contributed by atoms with E-state index in [1.807, 2.05) is 40.7 Å². The molecule has 1 aromatic carbocycles. The van der Waals surface area contributed by atoms with Gasteiger partial charge in [-0.2, -0.15) is 0 Å². The first kappa shape index (κ1) is 18.8. The molecule has 23 heavy (non-hydrogen) atoms. The first-order valence-electron chi connectivity index (χ1n) is 7.54. The van der Waals surface area contributed by atoms with Crippen molar-refractivity contribution in [3.05, 3.63) is 29.3 Å². The number of carbonyl (C=O) groups is 2. The van der Waals surface area contributed by atoms with Crippen LogP contribution < -0.4 is 10.6 Å². The van der Waals surface area contributed by atoms with Crippen molar-refractivity contribution in [1.82, 2.24) is 5.32 Å². The molecule has 1 atom stereocenters. The number of aryl methyl sites for hydroxylation is 1. The minimum Gasteiger partial charge on any atom is -0.465 e. The number of amides is 1. The predicted molar refractivity (Wildman–Crippen MR) is 89.8 cm³/mol. The zero-order chi connectivity index (χ0) is 17.6. The normalized spacial score (nSPS) is 12.3. The fourth-order valence-electron chi connectivity index (χ4n) is 1.94. The number of ether oxygens (including phenoxy) is 2. The van der Waals surface area contributed by atoms with Crippen molar-refractivity contribution in [2.24, 2.45) is 0 Å². The zero-order valence-corrected chi connectivity index (χ0v) is 14.6. The number of esters is 1. The minimum absolute atomic E-state index is 0.00481. The van der Waals surface area contributed by atoms with E-state index in [2.05, 4.69) is 10.6 Å². The van der Waals surface area contributed by atoms with Gasteiger partial charge in [-0.15, -0.1) is 0 Å². The van der Waals surface area contributed by atoms with Gasteiger partial charge < -0.3 is 20.1 Å². The number of carbonyl (C=O) groups excluding carboxylic acids is 2. The van der Waals surface area contributed by atoms with E-state index in [1.165, 1.54) is 7.11 Å². The molecule has 0 radical (unpaired) electrons. The Balaban J connectivity index is 2.56. The van der Waals surface area contributed by atoms with E-state index in [0.29, 0.717) is 12.1 Å². The lowest BCUT2D eigenvalue weighted by molar-refractivity contribution is 0.0525. The van der Waals surface area contributed by atoms with Crippen LogP contribution in [0.25, 0.3) is 0 Å². The van der Waals surface area contributed by atoms with Gasteiger partial charge in [-0.05, 0) is 58.4 Å². The average molecular weight is 322 g/mol. The van der Waals surface area contributed by atoms with Crippen LogP contribution in [-0.2, 0) is 9.47 Å². The molecule has 0 bridgehead atoms. The van der Waals surface area contributed by atoms with Crippen molar-refractivity contribution >= 4 is 17.7 Å². The number of methoxy groups -OCH3 is 1. The van der Waals surface area contributed by atoms with Crippen molar-refractivity contribution in [2.45, 2.75) is 46.3 Å². The summed E-state index contributed by atoms with van der Waals surface area (Å²) in [7, 11) is 1.36. The molecule has 1 unspecified atom stereocenters. The Bertz CT molecular complexity index is 564. The SMILES string of the molecule is COC(=O)c1ccc(NC(C)CNC(=O)OC(C)(C)C)c(C)c1. The summed E-state index contributed by atoms with van der Waals surface area (Å²) in [5.74, 6) is -0.362. The number of hydrogen-bond acceptors (Lipinski definition) is 5. The van der Waals surface area contributed by atoms with Crippen molar-refractivity contribution in [3.8, 4) is 0 Å². The highest BCUT2D eigenvalue weighted by Gasteiger charge is 2.16. The third kappa shape index (κ3) is 6.59. The monoisotopic (exact) mass is 322 g/mol. The standard InChI is InChI=1S/C17H26N2O4/c1-11-9-13(15(20)22-6)7-8-14(11)19-12(2)10-18-16(21)23-17(3,4)5/h7-9,12,19H,10H2,1-6H3,(H,18,21). The molecule has 128 valence electrons. The third-order valence-electron chi connectivity index (χ3n) is 3.00. The molecular weight excluding hydrogens is 296 g/mol. The maximum absolute atomic E-state index is 11.6. The summed E-state index contributed by atoms with van der Waals surface area (Å²) in [5, 5.41) is 6.01. The number of anilines is 1. The molecule has 2 N–H and O–H groups in total. The molecule has 0 heterocycles. The largest absolute Gasteiger partial charge is 0.465 e. The van der Waals surface area contributed by atoms with E-state index in [0.717, 1.165) is 11.3 Å². The molecule has 0 aliphatic heterocycles. The van der Waals surface area contributed by atoms with E-state index >= 15 is 0 Å². The molecule has 1 rings (SSSR count). The van der Waals surface area contributed by atoms with E-state index < -0.39 is 11.7 Å². The molecule has 6 nitrogen and oxygen atoms in total. The molecule has 0 spiro atoms. The Hall–Kier alpha value is -2.24. The van der Waals surface area contributed by atoms with Gasteiger partial charge in [0.05, 0.1) is 12.7 Å². The molecule has 6 heteroatoms. The maximum Gasteiger partial charge on any atom is 0.407 e. The minimum atomic E-state index is -0.513. The van der Waals surface area contributed by atoms with Crippen LogP contribution in [0.2, 0.25) is 0 Å². The second-order valence-corrected chi connectivity index (χ2v) is 6.45. The Labute approximate surface area is 137 Å². The van der Waals surface area contributed by atoms with E-state index in [4.69, 9.17) is 9.47 Å². The molecule has 0 saturated heterocycles. The first-order chi connectivity index (χ1) is 10.6. The molecule has 0 aromatic heterocycles. The van der Waals surface area contributed by atoms with Crippen molar-refractivity contribution in [3.63, 3.8) is 0 Å². The first-order valence-corrected chi connectivity index (χ1v) is 7.54. The highest BCUT2D eigenvalue weighted by molar-refractivity contribution is 5.90. The topological polar surface area (TPSA) is 76.7 Å². The molecule has 0 saturated carbocycles. The zero-order valence-electron chi connectivity index (χ0n) is 14.6. The molecule has 1 amide bonds. The number of hydrogen-bond donors (Lipinski definition) is 2. The smallest absolute Gasteiger partial charge is 0.407 e. The summed E-state index contributed by atoms with van der Waals surface area (Å²) in [5.41, 5.74) is 1.82. The van der Waals surface area contributed by atoms with Crippen molar-refractivity contribution in [2.75, 3.05) is 19.0 Å². The highest BCUT2D eigenvalue weighted by atomic mass is 16.6. The Kier molecular flexibility index (Phi) is 6.42. The van der Waals surface area contributed by atoms with Crippen LogP contribution >= 0.6 is 0 Å². The van der Waals surface area contributed by atoms with Gasteiger partial charge in [-0.3, -0.25) is 0 Å². The average Bonchev–Trinajstić information content (AvgIpc) is 2.44. The van der Waals surface area contributed by atoms with Crippen LogP contribution in [0.5, 0.6) is 0 Å². The Morgan fingerprint density at radius 1 is 1.26 bits per heavy atom. The van der Waals surface area contributed by atoms with Gasteiger partial charge in [0.15, 0.2) is 0 Å². The Morgan fingerprint density at radius 3 is 2.43 bits per heavy atom. The van der Waals surface area contributed by atoms with Gasteiger partial charge in [-0.25, -0.2) is 9.59 Å². The summed E-state index contributed by atoms with van der Waals surface area (Å²) in [6.07, 6.45) is -0.441. The molecule has 0 aliphatic rings. The second kappa shape index (κ2) is 7.85. The number of rotatable bonds is 5. The maximum atomic E-state index is 11.6. The summed E-state index contributed by atoms with van der Waals surface area (Å²) >= 11 is 0. The summed E-state index contributed by atoms with van der Waals surface area (Å²) in [4.78, 5) is 23.1. The lowest BCUT2D eigenvalue weighted by atomic mass is 10.1. The van der Waals surface area contributed by atoms with Crippen LogP contribution in [0, 0.1) is 6.92 Å². The van der Waals surface area contributed by atoms with Crippen molar-refractivity contribution < 1.29 is 19.1 Å². The number of benzene rings is 1. The van der Waals surface area contributed by atoms with Crippen LogP contribution in [0.4, 0.5) is 10.5 Å². The second-order valence-electron chi connectivity index (χ2n) is 6.45. The van der Waals surface area contributed by atoms with Gasteiger partial charge in [0, 0.05) is 18.3 Å². The number of alkyl carbamates (subject to hydrolysis) is 1. The van der Waals surface area contributed by atoms with Gasteiger partial charge in [0.25, 0.3) is 0 Å². The molecule has 0 fully saturated rings. The van der Waals surface area contributed by atoms with E-state index in [-0.39, 0.29) is 12.0 Å². The van der Waals surface area contributed by atoms with Gasteiger partial charge in [0.1, 0.15) is 5.60 Å². The third-order valence-corrected chi connectivity index (χ3v) is 3.00. The molecule has 1 aromatic rings. The molecule has 0 aliphatic carbocycles. The van der Waals surface area contributed by atoms with Crippen molar-refractivity contribution in [1.29, 1.82) is 0 Å². The van der Waals surface area contributed by atoms with E-state index in [1.54, 1.807) is 12.1 Å². The fourth-order valence-corrected chi connectivity index (χ4v) is 1.94. The Morgan fingerprint density at radius 2 is 1.91 bits per heavy atom. The van der Waals surface area contributed by atoms with Crippen LogP contribution in [0.3, 0.4) is 0 Å². The fraction of sp³-hybridized carbons (Fsp3) is 0.529. The van der Waals surface area contributed by atoms with Crippen LogP contribution in [0.15, 0.2) is 18.2 Å². The van der Waals surface area contributed by atoms with Gasteiger partial charge in [0.2, 0.25) is 0 Å². The number of nitrogens with one attached hydrogen (secondary N) is 2. The van der Waals surface area contributed by atoms with Crippen LogP contribution in [0.1, 0.15) is 43.6 Å². The summed E-state index contributed by atoms with van der Waals surface area (Å²) in [6.45, 7) is 9.74. The van der Waals surface area contributed by atoms with Gasteiger partial charge in [-0.1, -0.05) is 0 Å². The predicted octanol–water partition coefficient (Wildman–Crippen LogP) is 3.11. The quantitative estimate of drug-likeness (QED) is 0.815. The van der Waals surface area contributed by atoms with Crippen LogP contribution in [-0.4, -0.2) is 37.4 Å². The summed E-state index contributed by atoms with van der Waals surface area (Å²) < 4.78 is 9.88. The van der Waals surface area contributed by atoms with Gasteiger partial charge >= 0.3 is 12.1 Å². The highest BCUT2D eigenvalue weighted by Crippen LogP contribution is 2.18. The lowest BCUT2D eigenvalue weighted by Gasteiger charge is -2.22. The summed E-state index contributed by atoms with van der Waals surface area (Å²) in [6, 6.07) is 5.30.